The van der Waals surface area contributed by atoms with E-state index in [-0.39, 0.29) is 5.91 Å². The van der Waals surface area contributed by atoms with Crippen LogP contribution in [0.5, 0.6) is 0 Å². The van der Waals surface area contributed by atoms with Crippen LogP contribution < -0.4 is 5.32 Å². The van der Waals surface area contributed by atoms with E-state index in [9.17, 15) is 4.79 Å². The summed E-state index contributed by atoms with van der Waals surface area (Å²) in [5.41, 5.74) is 6.94. The largest absolute Gasteiger partial charge is 0.339 e. The minimum absolute atomic E-state index is 0.276. The van der Waals surface area contributed by atoms with Gasteiger partial charge in [0.05, 0.1) is 23.5 Å². The van der Waals surface area contributed by atoms with Crippen LogP contribution in [-0.4, -0.2) is 26.1 Å². The Labute approximate surface area is 161 Å². The minimum Gasteiger partial charge on any atom is -0.339 e. The van der Waals surface area contributed by atoms with Gasteiger partial charge >= 0.3 is 0 Å². The van der Waals surface area contributed by atoms with E-state index in [1.54, 1.807) is 12.3 Å². The fourth-order valence-electron chi connectivity index (χ4n) is 3.16. The number of rotatable bonds is 3. The molecule has 3 heterocycles. The van der Waals surface area contributed by atoms with E-state index in [0.29, 0.717) is 16.9 Å². The first-order valence-corrected chi connectivity index (χ1v) is 8.79. The van der Waals surface area contributed by atoms with E-state index in [1.165, 1.54) is 0 Å². The fraction of sp³-hybridized carbons (Fsp3) is 0.143. The van der Waals surface area contributed by atoms with Gasteiger partial charge in [-0.3, -0.25) is 9.89 Å². The summed E-state index contributed by atoms with van der Waals surface area (Å²) in [6.07, 6.45) is 1.61. The van der Waals surface area contributed by atoms with Gasteiger partial charge in [0.2, 0.25) is 0 Å². The molecule has 0 unspecified atom stereocenters. The summed E-state index contributed by atoms with van der Waals surface area (Å²) in [6.45, 7) is 5.70. The number of aryl methyl sites for hydroxylation is 2. The number of carbonyl (C=O) groups excluding carboxylic acids is 1. The molecule has 0 bridgehead atoms. The number of aromatic amines is 2. The Morgan fingerprint density at radius 1 is 1.18 bits per heavy atom. The Balaban J connectivity index is 1.64. The van der Waals surface area contributed by atoms with Gasteiger partial charge in [0, 0.05) is 27.9 Å². The molecule has 7 nitrogen and oxygen atoms in total. The number of nitriles is 1. The highest BCUT2D eigenvalue weighted by molar-refractivity contribution is 6.04. The molecule has 0 saturated heterocycles. The molecule has 0 fully saturated rings. The second kappa shape index (κ2) is 6.67. The van der Waals surface area contributed by atoms with Gasteiger partial charge in [-0.15, -0.1) is 0 Å². The zero-order valence-electron chi connectivity index (χ0n) is 15.7. The fourth-order valence-corrected chi connectivity index (χ4v) is 3.16. The second-order valence-corrected chi connectivity index (χ2v) is 6.76. The normalized spacial score (nSPS) is 10.8. The molecular weight excluding hydrogens is 352 g/mol. The molecule has 0 spiro atoms. The predicted octanol–water partition coefficient (Wildman–Crippen LogP) is 4.00. The summed E-state index contributed by atoms with van der Waals surface area (Å²) < 4.78 is 0. The monoisotopic (exact) mass is 370 g/mol. The topological polar surface area (TPSA) is 110 Å². The molecule has 0 radical (unpaired) electrons. The first-order chi connectivity index (χ1) is 13.5. The summed E-state index contributed by atoms with van der Waals surface area (Å²) in [5.74, 6) is -0.276. The molecule has 3 aromatic heterocycles. The lowest BCUT2D eigenvalue weighted by Crippen LogP contribution is -2.13. The van der Waals surface area contributed by atoms with Crippen molar-refractivity contribution in [3.63, 3.8) is 0 Å². The lowest BCUT2D eigenvalue weighted by atomic mass is 10.0. The zero-order valence-corrected chi connectivity index (χ0v) is 15.7. The van der Waals surface area contributed by atoms with Gasteiger partial charge in [-0.05, 0) is 50.6 Å². The lowest BCUT2D eigenvalue weighted by Gasteiger charge is -2.03. The summed E-state index contributed by atoms with van der Waals surface area (Å²) >= 11 is 0. The Hall–Kier alpha value is -3.92. The molecule has 1 amide bonds. The maximum Gasteiger partial charge on any atom is 0.276 e. The van der Waals surface area contributed by atoms with Gasteiger partial charge in [-0.2, -0.15) is 10.4 Å². The number of hydrogen-bond donors (Lipinski definition) is 3. The van der Waals surface area contributed by atoms with Crippen molar-refractivity contribution in [1.29, 1.82) is 5.26 Å². The molecule has 4 rings (SSSR count). The van der Waals surface area contributed by atoms with Crippen LogP contribution in [0.15, 0.2) is 36.5 Å². The second-order valence-electron chi connectivity index (χ2n) is 6.76. The highest BCUT2D eigenvalue weighted by Gasteiger charge is 2.15. The highest BCUT2D eigenvalue weighted by atomic mass is 16.1. The van der Waals surface area contributed by atoms with Crippen LogP contribution in [0.4, 0.5) is 5.69 Å². The first kappa shape index (κ1) is 17.5. The molecule has 138 valence electrons. The van der Waals surface area contributed by atoms with Crippen LogP contribution in [0, 0.1) is 32.1 Å². The number of amides is 1. The molecule has 0 saturated carbocycles. The van der Waals surface area contributed by atoms with Crippen molar-refractivity contribution in [2.75, 3.05) is 5.32 Å². The SMILES string of the molecule is Cc1cc(C#N)ccc1-c1cc2cc(NC(=O)c3n[nH]c(C)c3C)cnc2[nH]1. The van der Waals surface area contributed by atoms with Gasteiger partial charge in [0.25, 0.3) is 5.91 Å². The standard InChI is InChI=1S/C21H18N6O/c1-11-6-14(9-22)4-5-17(11)18-8-15-7-16(10-23-20(15)25-18)24-21(28)19-12(2)13(3)26-27-19/h4-8,10H,1-3H3,(H,23,25)(H,24,28)(H,26,27). The number of aromatic nitrogens is 4. The number of nitrogens with one attached hydrogen (secondary N) is 3. The van der Waals surface area contributed by atoms with Crippen molar-refractivity contribution >= 4 is 22.6 Å². The number of nitrogens with zero attached hydrogens (tertiary/aromatic N) is 3. The maximum absolute atomic E-state index is 12.5. The maximum atomic E-state index is 12.5. The van der Waals surface area contributed by atoms with Gasteiger partial charge < -0.3 is 10.3 Å². The molecule has 4 aromatic rings. The van der Waals surface area contributed by atoms with E-state index in [1.807, 2.05) is 45.0 Å². The van der Waals surface area contributed by atoms with E-state index in [2.05, 4.69) is 31.6 Å². The predicted molar refractivity (Wildman–Crippen MR) is 107 cm³/mol. The quantitative estimate of drug-likeness (QED) is 0.506. The molecule has 0 aliphatic carbocycles. The molecule has 0 aliphatic rings. The smallest absolute Gasteiger partial charge is 0.276 e. The number of benzene rings is 1. The van der Waals surface area contributed by atoms with E-state index in [4.69, 9.17) is 5.26 Å². The van der Waals surface area contributed by atoms with Crippen LogP contribution in [0.2, 0.25) is 0 Å². The van der Waals surface area contributed by atoms with Crippen LogP contribution >= 0.6 is 0 Å². The van der Waals surface area contributed by atoms with Crippen molar-refractivity contribution in [2.24, 2.45) is 0 Å². The van der Waals surface area contributed by atoms with E-state index >= 15 is 0 Å². The van der Waals surface area contributed by atoms with Gasteiger partial charge in [0.15, 0.2) is 5.69 Å². The number of carbonyl (C=O) groups is 1. The molecule has 7 heteroatoms. The van der Waals surface area contributed by atoms with E-state index in [0.717, 1.165) is 39.1 Å². The number of pyridine rings is 1. The molecule has 0 aliphatic heterocycles. The van der Waals surface area contributed by atoms with E-state index < -0.39 is 0 Å². The first-order valence-electron chi connectivity index (χ1n) is 8.79. The van der Waals surface area contributed by atoms with Gasteiger partial charge in [-0.25, -0.2) is 4.98 Å². The Kier molecular flexibility index (Phi) is 4.17. The zero-order chi connectivity index (χ0) is 19.8. The van der Waals surface area contributed by atoms with Gasteiger partial charge in [0.1, 0.15) is 5.65 Å². The van der Waals surface area contributed by atoms with Crippen LogP contribution in [0.25, 0.3) is 22.3 Å². The lowest BCUT2D eigenvalue weighted by molar-refractivity contribution is 0.102. The van der Waals surface area contributed by atoms with Gasteiger partial charge in [-0.1, -0.05) is 6.07 Å². The third-order valence-corrected chi connectivity index (χ3v) is 4.84. The number of H-pyrrole nitrogens is 2. The molecule has 28 heavy (non-hydrogen) atoms. The number of hydrogen-bond acceptors (Lipinski definition) is 4. The molecule has 0 atom stereocenters. The summed E-state index contributed by atoms with van der Waals surface area (Å²) in [4.78, 5) is 20.2. The van der Waals surface area contributed by atoms with Crippen molar-refractivity contribution < 1.29 is 4.79 Å². The van der Waals surface area contributed by atoms with Crippen molar-refractivity contribution in [1.82, 2.24) is 20.2 Å². The van der Waals surface area contributed by atoms with Crippen molar-refractivity contribution in [3.05, 3.63) is 64.6 Å². The Morgan fingerprint density at radius 3 is 2.68 bits per heavy atom. The number of anilines is 1. The van der Waals surface area contributed by atoms with Crippen molar-refractivity contribution in [2.45, 2.75) is 20.8 Å². The Morgan fingerprint density at radius 2 is 2.00 bits per heavy atom. The minimum atomic E-state index is -0.276. The van der Waals surface area contributed by atoms with Crippen molar-refractivity contribution in [3.8, 4) is 17.3 Å². The highest BCUT2D eigenvalue weighted by Crippen LogP contribution is 2.28. The third-order valence-electron chi connectivity index (χ3n) is 4.84. The molecule has 1 aromatic carbocycles. The molecule has 3 N–H and O–H groups in total. The average molecular weight is 370 g/mol. The average Bonchev–Trinajstić information content (AvgIpc) is 3.24. The third kappa shape index (κ3) is 3.01. The summed E-state index contributed by atoms with van der Waals surface area (Å²) in [7, 11) is 0. The summed E-state index contributed by atoms with van der Waals surface area (Å²) in [6, 6.07) is 11.6. The van der Waals surface area contributed by atoms with Crippen LogP contribution in [0.1, 0.15) is 32.9 Å². The Bertz CT molecular complexity index is 1260. The molecular formula is C21H18N6O. The summed E-state index contributed by atoms with van der Waals surface area (Å²) in [5, 5.41) is 19.6. The number of fused-ring (bicyclic) bond motifs is 1. The van der Waals surface area contributed by atoms with Crippen LogP contribution in [-0.2, 0) is 0 Å². The van der Waals surface area contributed by atoms with Crippen LogP contribution in [0.3, 0.4) is 0 Å².